The van der Waals surface area contributed by atoms with Crippen molar-refractivity contribution >= 4 is 27.7 Å². The van der Waals surface area contributed by atoms with Gasteiger partial charge in [-0.05, 0) is 17.7 Å². The van der Waals surface area contributed by atoms with E-state index in [2.05, 4.69) is 0 Å². The van der Waals surface area contributed by atoms with Crippen molar-refractivity contribution in [1.29, 1.82) is 0 Å². The summed E-state index contributed by atoms with van der Waals surface area (Å²) in [6.07, 6.45) is -0.00191. The normalized spacial score (nSPS) is 19.6. The van der Waals surface area contributed by atoms with Crippen LogP contribution in [0.1, 0.15) is 12.0 Å². The molecule has 8 heteroatoms. The first-order valence-electron chi connectivity index (χ1n) is 5.88. The van der Waals surface area contributed by atoms with Crippen LogP contribution in [0.2, 0.25) is 5.02 Å². The van der Waals surface area contributed by atoms with Crippen LogP contribution in [0.4, 0.5) is 8.28 Å². The Morgan fingerprint density at radius 3 is 2.70 bits per heavy atom. The molecule has 0 saturated carbocycles. The molecule has 0 aromatic heterocycles. The molecule has 4 nitrogen and oxygen atoms in total. The zero-order valence-electron chi connectivity index (χ0n) is 10.4. The fraction of sp³-hybridized carbons (Fsp3) is 0.417. The first kappa shape index (κ1) is 15.2. The third kappa shape index (κ3) is 3.89. The molecular formula is C12H12ClF2NO3S. The molecule has 1 aliphatic heterocycles. The topological polar surface area (TPSA) is 54.5 Å². The lowest BCUT2D eigenvalue weighted by molar-refractivity contribution is -0.128. The highest BCUT2D eigenvalue weighted by atomic mass is 35.5. The molecule has 0 spiro atoms. The second-order valence-electron chi connectivity index (χ2n) is 4.80. The summed E-state index contributed by atoms with van der Waals surface area (Å²) >= 11 is 5.64. The maximum Gasteiger partial charge on any atom is 0.302 e. The Bertz CT molecular complexity index is 636. The lowest BCUT2D eigenvalue weighted by Crippen LogP contribution is -2.25. The highest BCUT2D eigenvalue weighted by Crippen LogP contribution is 2.23. The van der Waals surface area contributed by atoms with Crippen molar-refractivity contribution < 1.29 is 21.5 Å². The zero-order chi connectivity index (χ0) is 14.9. The molecule has 1 fully saturated rings. The van der Waals surface area contributed by atoms with E-state index in [0.717, 1.165) is 0 Å². The molecule has 1 heterocycles. The summed E-state index contributed by atoms with van der Waals surface area (Å²) < 4.78 is 46.8. The largest absolute Gasteiger partial charge is 0.338 e. The van der Waals surface area contributed by atoms with Crippen molar-refractivity contribution in [2.45, 2.75) is 13.0 Å². The minimum absolute atomic E-state index is 0.00191. The minimum atomic E-state index is -4.59. The van der Waals surface area contributed by atoms with E-state index in [0.29, 0.717) is 5.56 Å². The van der Waals surface area contributed by atoms with Crippen LogP contribution in [0.15, 0.2) is 18.2 Å². The highest BCUT2D eigenvalue weighted by Gasteiger charge is 2.32. The first-order chi connectivity index (χ1) is 9.24. The van der Waals surface area contributed by atoms with Gasteiger partial charge < -0.3 is 4.90 Å². The molecule has 1 aromatic rings. The SMILES string of the molecule is O=C1CC(CS(=O)(=O)F)CN1Cc1ccc(F)c(Cl)c1. The third-order valence-corrected chi connectivity index (χ3v) is 4.25. The van der Waals surface area contributed by atoms with Crippen LogP contribution in [0, 0.1) is 11.7 Å². The Morgan fingerprint density at radius 1 is 1.40 bits per heavy atom. The van der Waals surface area contributed by atoms with E-state index in [4.69, 9.17) is 11.6 Å². The van der Waals surface area contributed by atoms with Crippen LogP contribution >= 0.6 is 11.6 Å². The highest BCUT2D eigenvalue weighted by molar-refractivity contribution is 7.86. The number of rotatable bonds is 4. The molecule has 1 aromatic carbocycles. The standard InChI is InChI=1S/C12H12ClF2NO3S/c13-10-3-8(1-2-11(10)14)5-16-6-9(4-12(16)17)7-20(15,18)19/h1-3,9H,4-7H2. The Kier molecular flexibility index (Phi) is 4.29. The van der Waals surface area contributed by atoms with Crippen LogP contribution < -0.4 is 0 Å². The summed E-state index contributed by atoms with van der Waals surface area (Å²) in [4.78, 5) is 13.1. The van der Waals surface area contributed by atoms with Gasteiger partial charge in [0, 0.05) is 25.4 Å². The molecular weight excluding hydrogens is 312 g/mol. The fourth-order valence-corrected chi connectivity index (χ4v) is 3.25. The molecule has 1 unspecified atom stereocenters. The van der Waals surface area contributed by atoms with E-state index < -0.39 is 27.7 Å². The molecule has 0 radical (unpaired) electrons. The third-order valence-electron chi connectivity index (χ3n) is 3.09. The lowest BCUT2D eigenvalue weighted by Gasteiger charge is -2.16. The first-order valence-corrected chi connectivity index (χ1v) is 7.81. The van der Waals surface area contributed by atoms with Gasteiger partial charge in [-0.15, -0.1) is 3.89 Å². The summed E-state index contributed by atoms with van der Waals surface area (Å²) in [6.45, 7) is 0.360. The monoisotopic (exact) mass is 323 g/mol. The predicted molar refractivity (Wildman–Crippen MR) is 69.8 cm³/mol. The number of carbonyl (C=O) groups excluding carboxylic acids is 1. The van der Waals surface area contributed by atoms with Crippen molar-refractivity contribution in [3.05, 3.63) is 34.6 Å². The molecule has 1 amide bonds. The zero-order valence-corrected chi connectivity index (χ0v) is 11.9. The summed E-state index contributed by atoms with van der Waals surface area (Å²) in [6, 6.07) is 4.10. The quantitative estimate of drug-likeness (QED) is 0.798. The van der Waals surface area contributed by atoms with Gasteiger partial charge in [-0.25, -0.2) is 4.39 Å². The number of likely N-dealkylation sites (tertiary alicyclic amines) is 1. The molecule has 0 aliphatic carbocycles. The van der Waals surface area contributed by atoms with E-state index in [1.54, 1.807) is 0 Å². The molecule has 1 saturated heterocycles. The summed E-state index contributed by atoms with van der Waals surface area (Å²) in [5.41, 5.74) is 0.633. The van der Waals surface area contributed by atoms with Gasteiger partial charge in [0.25, 0.3) is 0 Å². The van der Waals surface area contributed by atoms with E-state index in [-0.39, 0.29) is 30.4 Å². The van der Waals surface area contributed by atoms with Gasteiger partial charge in [-0.3, -0.25) is 4.79 Å². The second kappa shape index (κ2) is 5.65. The number of benzene rings is 1. The maximum atomic E-state index is 13.0. The maximum absolute atomic E-state index is 13.0. The van der Waals surface area contributed by atoms with Crippen LogP contribution in [-0.4, -0.2) is 31.5 Å². The van der Waals surface area contributed by atoms with E-state index in [1.165, 1.54) is 23.1 Å². The Labute approximate surface area is 120 Å². The lowest BCUT2D eigenvalue weighted by atomic mass is 10.1. The number of hydrogen-bond donors (Lipinski definition) is 0. The van der Waals surface area contributed by atoms with E-state index >= 15 is 0 Å². The summed E-state index contributed by atoms with van der Waals surface area (Å²) in [5, 5.41) is -0.0444. The van der Waals surface area contributed by atoms with Gasteiger partial charge in [0.2, 0.25) is 5.91 Å². The van der Waals surface area contributed by atoms with Crippen molar-refractivity contribution in [1.82, 2.24) is 4.90 Å². The van der Waals surface area contributed by atoms with Gasteiger partial charge in [0.05, 0.1) is 10.8 Å². The fourth-order valence-electron chi connectivity index (χ4n) is 2.26. The Balaban J connectivity index is 2.03. The Hall–Kier alpha value is -1.21. The predicted octanol–water partition coefficient (Wildman–Crippen LogP) is 2.13. The van der Waals surface area contributed by atoms with E-state index in [1.807, 2.05) is 0 Å². The van der Waals surface area contributed by atoms with Gasteiger partial charge >= 0.3 is 10.2 Å². The van der Waals surface area contributed by atoms with E-state index in [9.17, 15) is 21.5 Å². The van der Waals surface area contributed by atoms with Crippen LogP contribution in [0.3, 0.4) is 0 Å². The van der Waals surface area contributed by atoms with Gasteiger partial charge in [0.15, 0.2) is 0 Å². The Morgan fingerprint density at radius 2 is 2.10 bits per heavy atom. The van der Waals surface area contributed by atoms with Gasteiger partial charge in [0.1, 0.15) is 5.82 Å². The molecule has 0 bridgehead atoms. The number of hydrogen-bond acceptors (Lipinski definition) is 3. The minimum Gasteiger partial charge on any atom is -0.338 e. The second-order valence-corrected chi connectivity index (χ2v) is 6.62. The van der Waals surface area contributed by atoms with Crippen molar-refractivity contribution in [3.8, 4) is 0 Å². The molecule has 110 valence electrons. The average Bonchev–Trinajstić information content (AvgIpc) is 2.62. The molecule has 0 N–H and O–H groups in total. The van der Waals surface area contributed by atoms with Crippen LogP contribution in [0.5, 0.6) is 0 Å². The van der Waals surface area contributed by atoms with Crippen LogP contribution in [0.25, 0.3) is 0 Å². The van der Waals surface area contributed by atoms with Gasteiger partial charge in [-0.1, -0.05) is 17.7 Å². The van der Waals surface area contributed by atoms with Crippen molar-refractivity contribution in [3.63, 3.8) is 0 Å². The summed E-state index contributed by atoms with van der Waals surface area (Å²) in [7, 11) is -4.59. The number of halogens is 3. The summed E-state index contributed by atoms with van der Waals surface area (Å²) in [5.74, 6) is -2.00. The average molecular weight is 324 g/mol. The smallest absolute Gasteiger partial charge is 0.302 e. The van der Waals surface area contributed by atoms with Crippen molar-refractivity contribution in [2.75, 3.05) is 12.3 Å². The van der Waals surface area contributed by atoms with Gasteiger partial charge in [-0.2, -0.15) is 8.42 Å². The number of nitrogens with zero attached hydrogens (tertiary/aromatic N) is 1. The van der Waals surface area contributed by atoms with Crippen LogP contribution in [-0.2, 0) is 21.6 Å². The molecule has 2 rings (SSSR count). The molecule has 20 heavy (non-hydrogen) atoms. The number of carbonyl (C=O) groups is 1. The molecule has 1 atom stereocenters. The number of amides is 1. The molecule has 1 aliphatic rings. The van der Waals surface area contributed by atoms with Crippen molar-refractivity contribution in [2.24, 2.45) is 5.92 Å².